The predicted molar refractivity (Wildman–Crippen MR) is 116 cm³/mol. The van der Waals surface area contributed by atoms with Gasteiger partial charge in [-0.05, 0) is 29.8 Å². The molecule has 6 nitrogen and oxygen atoms in total. The second kappa shape index (κ2) is 9.36. The van der Waals surface area contributed by atoms with Crippen LogP contribution in [0.5, 0.6) is 0 Å². The summed E-state index contributed by atoms with van der Waals surface area (Å²) in [4.78, 5) is 29.8. The van der Waals surface area contributed by atoms with Gasteiger partial charge in [0.05, 0.1) is 12.0 Å². The zero-order chi connectivity index (χ0) is 21.6. The standard InChI is InChI=1S/C23H18FN3O3S/c24-17-9-4-8-16(13-17)19-14-31-23(26-19)27-21(28)18(12-15-6-2-1-3-7-15)25-22(29)20-10-5-11-30-20/h1-11,13-14,18H,12H2,(H,25,29)(H,26,27,28). The fourth-order valence-electron chi connectivity index (χ4n) is 3.00. The Morgan fingerprint density at radius 1 is 1.06 bits per heavy atom. The maximum Gasteiger partial charge on any atom is 0.287 e. The van der Waals surface area contributed by atoms with Gasteiger partial charge in [-0.3, -0.25) is 9.59 Å². The topological polar surface area (TPSA) is 84.2 Å². The number of aromatic nitrogens is 1. The van der Waals surface area contributed by atoms with Crippen LogP contribution in [0.1, 0.15) is 16.1 Å². The number of benzene rings is 2. The first-order valence-electron chi connectivity index (χ1n) is 9.49. The molecule has 2 amide bonds. The van der Waals surface area contributed by atoms with Crippen LogP contribution in [0.2, 0.25) is 0 Å². The predicted octanol–water partition coefficient (Wildman–Crippen LogP) is 4.52. The number of furan rings is 1. The molecule has 1 unspecified atom stereocenters. The second-order valence-electron chi connectivity index (χ2n) is 6.73. The fraction of sp³-hybridized carbons (Fsp3) is 0.0870. The first-order chi connectivity index (χ1) is 15.1. The minimum absolute atomic E-state index is 0.119. The van der Waals surface area contributed by atoms with E-state index in [4.69, 9.17) is 4.42 Å². The molecule has 0 aliphatic heterocycles. The SMILES string of the molecule is O=C(NC(Cc1ccccc1)C(=O)Nc1nc(-c2cccc(F)c2)cs1)c1ccco1. The van der Waals surface area contributed by atoms with E-state index in [0.29, 0.717) is 22.8 Å². The molecule has 0 aliphatic rings. The molecule has 2 aromatic carbocycles. The summed E-state index contributed by atoms with van der Waals surface area (Å²) >= 11 is 1.22. The monoisotopic (exact) mass is 435 g/mol. The summed E-state index contributed by atoms with van der Waals surface area (Å²) in [5, 5.41) is 7.55. The molecule has 0 radical (unpaired) electrons. The Morgan fingerprint density at radius 2 is 1.90 bits per heavy atom. The molecule has 156 valence electrons. The Hall–Kier alpha value is -3.78. The van der Waals surface area contributed by atoms with Gasteiger partial charge in [0.2, 0.25) is 5.91 Å². The second-order valence-corrected chi connectivity index (χ2v) is 7.59. The van der Waals surface area contributed by atoms with Gasteiger partial charge in [-0.15, -0.1) is 11.3 Å². The first kappa shape index (κ1) is 20.5. The lowest BCUT2D eigenvalue weighted by Crippen LogP contribution is -2.45. The summed E-state index contributed by atoms with van der Waals surface area (Å²) in [7, 11) is 0. The summed E-state index contributed by atoms with van der Waals surface area (Å²) in [5.74, 6) is -1.14. The molecule has 31 heavy (non-hydrogen) atoms. The molecule has 4 rings (SSSR count). The third-order valence-corrected chi connectivity index (χ3v) is 5.26. The number of carbonyl (C=O) groups excluding carboxylic acids is 2. The number of rotatable bonds is 7. The number of halogens is 1. The third-order valence-electron chi connectivity index (χ3n) is 4.50. The van der Waals surface area contributed by atoms with Crippen LogP contribution in [-0.2, 0) is 11.2 Å². The quantitative estimate of drug-likeness (QED) is 0.447. The van der Waals surface area contributed by atoms with Gasteiger partial charge in [0.25, 0.3) is 5.91 Å². The fourth-order valence-corrected chi connectivity index (χ4v) is 3.72. The van der Waals surface area contributed by atoms with E-state index in [0.717, 1.165) is 5.56 Å². The van der Waals surface area contributed by atoms with Gasteiger partial charge in [-0.1, -0.05) is 42.5 Å². The molecule has 8 heteroatoms. The molecule has 2 N–H and O–H groups in total. The van der Waals surface area contributed by atoms with Crippen LogP contribution < -0.4 is 10.6 Å². The Kier molecular flexibility index (Phi) is 6.18. The van der Waals surface area contributed by atoms with Gasteiger partial charge in [-0.2, -0.15) is 0 Å². The molecule has 0 fully saturated rings. The van der Waals surface area contributed by atoms with Crippen molar-refractivity contribution in [2.45, 2.75) is 12.5 Å². The third kappa shape index (κ3) is 5.23. The zero-order valence-corrected chi connectivity index (χ0v) is 17.1. The smallest absolute Gasteiger partial charge is 0.287 e. The number of hydrogen-bond acceptors (Lipinski definition) is 5. The van der Waals surface area contributed by atoms with Gasteiger partial charge >= 0.3 is 0 Å². The number of thiazole rings is 1. The van der Waals surface area contributed by atoms with Crippen molar-refractivity contribution in [3.63, 3.8) is 0 Å². The highest BCUT2D eigenvalue weighted by Crippen LogP contribution is 2.25. The molecule has 0 bridgehead atoms. The molecular formula is C23H18FN3O3S. The van der Waals surface area contributed by atoms with Crippen molar-refractivity contribution in [2.75, 3.05) is 5.32 Å². The zero-order valence-electron chi connectivity index (χ0n) is 16.2. The Bertz CT molecular complexity index is 1180. The van der Waals surface area contributed by atoms with E-state index in [9.17, 15) is 14.0 Å². The van der Waals surface area contributed by atoms with Crippen molar-refractivity contribution >= 4 is 28.3 Å². The van der Waals surface area contributed by atoms with E-state index < -0.39 is 17.9 Å². The van der Waals surface area contributed by atoms with Crippen LogP contribution in [0.4, 0.5) is 9.52 Å². The first-order valence-corrected chi connectivity index (χ1v) is 10.4. The van der Waals surface area contributed by atoms with Gasteiger partial charge in [0, 0.05) is 17.4 Å². The maximum absolute atomic E-state index is 13.5. The number of nitrogens with zero attached hydrogens (tertiary/aromatic N) is 1. The van der Waals surface area contributed by atoms with Crippen molar-refractivity contribution in [1.82, 2.24) is 10.3 Å². The minimum atomic E-state index is -0.846. The minimum Gasteiger partial charge on any atom is -0.459 e. The molecule has 2 aromatic heterocycles. The summed E-state index contributed by atoms with van der Waals surface area (Å²) in [6.07, 6.45) is 1.69. The maximum atomic E-state index is 13.5. The average molecular weight is 435 g/mol. The number of hydrogen-bond donors (Lipinski definition) is 2. The van der Waals surface area contributed by atoms with Crippen LogP contribution in [0.15, 0.2) is 82.8 Å². The highest BCUT2D eigenvalue weighted by atomic mass is 32.1. The summed E-state index contributed by atoms with van der Waals surface area (Å²) in [5.41, 5.74) is 2.06. The molecule has 0 saturated carbocycles. The highest BCUT2D eigenvalue weighted by Gasteiger charge is 2.24. The van der Waals surface area contributed by atoms with E-state index >= 15 is 0 Å². The van der Waals surface area contributed by atoms with Crippen molar-refractivity contribution in [3.05, 3.63) is 95.5 Å². The molecule has 2 heterocycles. The van der Waals surface area contributed by atoms with Gasteiger partial charge in [0.1, 0.15) is 11.9 Å². The van der Waals surface area contributed by atoms with E-state index in [-0.39, 0.29) is 11.6 Å². The largest absolute Gasteiger partial charge is 0.459 e. The van der Waals surface area contributed by atoms with Crippen molar-refractivity contribution in [1.29, 1.82) is 0 Å². The van der Waals surface area contributed by atoms with Crippen LogP contribution in [-0.4, -0.2) is 22.8 Å². The highest BCUT2D eigenvalue weighted by molar-refractivity contribution is 7.14. The number of amides is 2. The van der Waals surface area contributed by atoms with Gasteiger partial charge in [-0.25, -0.2) is 9.37 Å². The lowest BCUT2D eigenvalue weighted by atomic mass is 10.1. The van der Waals surface area contributed by atoms with Crippen LogP contribution in [0.25, 0.3) is 11.3 Å². The molecule has 0 spiro atoms. The van der Waals surface area contributed by atoms with Gasteiger partial charge < -0.3 is 15.1 Å². The number of anilines is 1. The summed E-state index contributed by atoms with van der Waals surface area (Å²) < 4.78 is 18.6. The number of nitrogens with one attached hydrogen (secondary N) is 2. The van der Waals surface area contributed by atoms with Crippen LogP contribution in [0.3, 0.4) is 0 Å². The molecule has 4 aromatic rings. The van der Waals surface area contributed by atoms with Crippen LogP contribution >= 0.6 is 11.3 Å². The lowest BCUT2D eigenvalue weighted by Gasteiger charge is -2.17. The van der Waals surface area contributed by atoms with Crippen molar-refractivity contribution in [2.24, 2.45) is 0 Å². The Labute approximate surface area is 181 Å². The van der Waals surface area contributed by atoms with Crippen molar-refractivity contribution < 1.29 is 18.4 Å². The Morgan fingerprint density at radius 3 is 2.65 bits per heavy atom. The normalized spacial score (nSPS) is 11.6. The van der Waals surface area contributed by atoms with Crippen LogP contribution in [0, 0.1) is 5.82 Å². The van der Waals surface area contributed by atoms with E-state index in [2.05, 4.69) is 15.6 Å². The lowest BCUT2D eigenvalue weighted by molar-refractivity contribution is -0.118. The summed E-state index contributed by atoms with van der Waals surface area (Å²) in [6.45, 7) is 0. The van der Waals surface area contributed by atoms with E-state index in [1.165, 1.54) is 35.8 Å². The van der Waals surface area contributed by atoms with Gasteiger partial charge in [0.15, 0.2) is 10.9 Å². The molecule has 0 saturated heterocycles. The van der Waals surface area contributed by atoms with Crippen molar-refractivity contribution in [3.8, 4) is 11.3 Å². The number of carbonyl (C=O) groups is 2. The van der Waals surface area contributed by atoms with E-state index in [1.54, 1.807) is 23.6 Å². The average Bonchev–Trinajstić information content (AvgIpc) is 3.46. The molecule has 0 aliphatic carbocycles. The Balaban J connectivity index is 1.50. The molecular weight excluding hydrogens is 417 g/mol. The van der Waals surface area contributed by atoms with E-state index in [1.807, 2.05) is 30.3 Å². The summed E-state index contributed by atoms with van der Waals surface area (Å²) in [6, 6.07) is 17.7. The molecule has 1 atom stereocenters.